The zero-order chi connectivity index (χ0) is 48.0. The first-order valence-corrected chi connectivity index (χ1v) is 28.5. The Morgan fingerprint density at radius 2 is 0.923 bits per heavy atom. The first-order chi connectivity index (χ1) is 31.4. The van der Waals surface area contributed by atoms with Gasteiger partial charge in [0.1, 0.15) is 19.3 Å². The maximum absolute atomic E-state index is 13.0. The number of amides is 1. The van der Waals surface area contributed by atoms with Crippen molar-refractivity contribution >= 4 is 13.7 Å². The second kappa shape index (κ2) is 46.2. The lowest BCUT2D eigenvalue weighted by atomic mass is 10.0. The number of aliphatic hydroxyl groups is 2. The number of nitrogens with one attached hydrogen (secondary N) is 1. The Bertz CT molecular complexity index is 1220. The number of unbranched alkanes of at least 4 members (excludes halogenated alkanes) is 27. The van der Waals surface area contributed by atoms with Crippen LogP contribution in [0.1, 0.15) is 239 Å². The first kappa shape index (κ1) is 63.4. The fourth-order valence-electron chi connectivity index (χ4n) is 7.79. The molecular weight excluding hydrogens is 832 g/mol. The van der Waals surface area contributed by atoms with Crippen LogP contribution >= 0.6 is 7.82 Å². The molecule has 0 saturated carbocycles. The van der Waals surface area contributed by atoms with Crippen LogP contribution < -0.4 is 10.2 Å². The average molecular weight is 937 g/mol. The summed E-state index contributed by atoms with van der Waals surface area (Å²) in [6, 6.07) is -1.09. The molecular formula is C55H105N2O7P. The quantitative estimate of drug-likeness (QED) is 0.0240. The highest BCUT2D eigenvalue weighted by molar-refractivity contribution is 7.45. The Hall–Kier alpha value is -1.58. The first-order valence-electron chi connectivity index (χ1n) is 27.1. The van der Waals surface area contributed by atoms with Crippen molar-refractivity contribution in [3.05, 3.63) is 48.6 Å². The van der Waals surface area contributed by atoms with Crippen LogP contribution in [0, 0.1) is 0 Å². The minimum absolute atomic E-state index is 0.0468. The number of phosphoric acid groups is 1. The number of carbonyl (C=O) groups excluding carboxylic acids is 1. The van der Waals surface area contributed by atoms with Crippen LogP contribution in [0.5, 0.6) is 0 Å². The Morgan fingerprint density at radius 1 is 0.554 bits per heavy atom. The van der Waals surface area contributed by atoms with Gasteiger partial charge in [0.2, 0.25) is 5.91 Å². The van der Waals surface area contributed by atoms with Gasteiger partial charge in [-0.2, -0.15) is 0 Å². The van der Waals surface area contributed by atoms with E-state index in [4.69, 9.17) is 9.05 Å². The summed E-state index contributed by atoms with van der Waals surface area (Å²) in [5.41, 5.74) is 0. The van der Waals surface area contributed by atoms with Crippen LogP contribution in [-0.2, 0) is 18.4 Å². The van der Waals surface area contributed by atoms with Crippen LogP contribution in [0.15, 0.2) is 48.6 Å². The maximum Gasteiger partial charge on any atom is 0.268 e. The monoisotopic (exact) mass is 937 g/mol. The fourth-order valence-corrected chi connectivity index (χ4v) is 8.51. The fraction of sp³-hybridized carbons (Fsp3) is 0.836. The smallest absolute Gasteiger partial charge is 0.268 e. The summed E-state index contributed by atoms with van der Waals surface area (Å²) >= 11 is 0. The molecule has 1 amide bonds. The van der Waals surface area contributed by atoms with Crippen molar-refractivity contribution in [2.24, 2.45) is 0 Å². The highest BCUT2D eigenvalue weighted by Crippen LogP contribution is 2.38. The topological polar surface area (TPSA) is 128 Å². The predicted octanol–water partition coefficient (Wildman–Crippen LogP) is 14.3. The molecule has 4 unspecified atom stereocenters. The molecule has 3 N–H and O–H groups in total. The molecule has 0 aromatic heterocycles. The molecule has 0 aliphatic rings. The largest absolute Gasteiger partial charge is 0.756 e. The van der Waals surface area contributed by atoms with E-state index in [1.165, 1.54) is 154 Å². The van der Waals surface area contributed by atoms with Crippen LogP contribution in [0.2, 0.25) is 0 Å². The van der Waals surface area contributed by atoms with Gasteiger partial charge in [-0.15, -0.1) is 0 Å². The standard InChI is InChI=1S/C55H105N2O7P/c1-6-8-10-12-14-16-18-20-21-22-23-24-25-26-27-28-29-30-31-32-33-34-35-36-38-40-42-44-46-48-54(59)56-52(51-64-65(61,62)63-50-49-57(3,4)5)55(60)53(58)47-45-43-41-39-37-19-17-15-13-11-9-7-2/h18,20,22-23,25-26,39,41,52-53,55,58,60H,6-17,19,21,24,27-38,40,42-51H2,1-5H3,(H-,56,59,61,62)/b20-18-,23-22-,26-25-,41-39+. The molecule has 0 bridgehead atoms. The van der Waals surface area contributed by atoms with Crippen molar-refractivity contribution in [2.45, 2.75) is 257 Å². The van der Waals surface area contributed by atoms with Crippen molar-refractivity contribution in [3.8, 4) is 0 Å². The van der Waals surface area contributed by atoms with Crippen LogP contribution in [0.4, 0.5) is 0 Å². The Balaban J connectivity index is 4.21. The number of allylic oxidation sites excluding steroid dienone is 8. The average Bonchev–Trinajstić information content (AvgIpc) is 3.26. The predicted molar refractivity (Wildman–Crippen MR) is 276 cm³/mol. The summed E-state index contributed by atoms with van der Waals surface area (Å²) in [5, 5.41) is 24.7. The third-order valence-electron chi connectivity index (χ3n) is 12.1. The molecule has 0 aliphatic carbocycles. The number of quaternary nitrogens is 1. The molecule has 382 valence electrons. The lowest BCUT2D eigenvalue weighted by Crippen LogP contribution is -2.51. The number of carbonyl (C=O) groups is 1. The molecule has 10 heteroatoms. The van der Waals surface area contributed by atoms with Gasteiger partial charge in [-0.05, 0) is 77.0 Å². The zero-order valence-corrected chi connectivity index (χ0v) is 43.9. The van der Waals surface area contributed by atoms with Crippen molar-refractivity contribution in [1.29, 1.82) is 0 Å². The number of likely N-dealkylation sites (N-methyl/N-ethyl adjacent to an activating group) is 1. The van der Waals surface area contributed by atoms with Gasteiger partial charge >= 0.3 is 0 Å². The molecule has 0 aliphatic heterocycles. The summed E-state index contributed by atoms with van der Waals surface area (Å²) < 4.78 is 23.2. The minimum Gasteiger partial charge on any atom is -0.756 e. The van der Waals surface area contributed by atoms with Crippen molar-refractivity contribution in [1.82, 2.24) is 5.32 Å². The van der Waals surface area contributed by atoms with E-state index in [-0.39, 0.29) is 18.9 Å². The number of phosphoric ester groups is 1. The molecule has 9 nitrogen and oxygen atoms in total. The molecule has 0 saturated heterocycles. The number of nitrogens with zero attached hydrogens (tertiary/aromatic N) is 1. The van der Waals surface area contributed by atoms with E-state index >= 15 is 0 Å². The van der Waals surface area contributed by atoms with Gasteiger partial charge in [-0.25, -0.2) is 0 Å². The zero-order valence-electron chi connectivity index (χ0n) is 43.1. The summed E-state index contributed by atoms with van der Waals surface area (Å²) in [6.07, 6.45) is 56.0. The molecule has 4 atom stereocenters. The van der Waals surface area contributed by atoms with Crippen molar-refractivity contribution < 1.29 is 38.0 Å². The Kier molecular flexibility index (Phi) is 45.0. The second-order valence-electron chi connectivity index (χ2n) is 19.7. The van der Waals surface area contributed by atoms with Crippen LogP contribution in [0.3, 0.4) is 0 Å². The van der Waals surface area contributed by atoms with Crippen molar-refractivity contribution in [3.63, 3.8) is 0 Å². The number of aliphatic hydroxyl groups excluding tert-OH is 2. The van der Waals surface area contributed by atoms with Gasteiger partial charge in [0, 0.05) is 6.42 Å². The summed E-state index contributed by atoms with van der Waals surface area (Å²) in [5.74, 6) is -0.289. The van der Waals surface area contributed by atoms with Gasteiger partial charge in [-0.1, -0.05) is 204 Å². The normalized spacial score (nSPS) is 14.9. The number of hydrogen-bond donors (Lipinski definition) is 3. The number of rotatable bonds is 49. The van der Waals surface area contributed by atoms with E-state index in [1.54, 1.807) is 0 Å². The van der Waals surface area contributed by atoms with Gasteiger partial charge in [-0.3, -0.25) is 9.36 Å². The third kappa shape index (κ3) is 47.3. The maximum atomic E-state index is 13.0. The molecule has 0 spiro atoms. The van der Waals surface area contributed by atoms with Gasteiger partial charge in [0.25, 0.3) is 7.82 Å². The third-order valence-corrected chi connectivity index (χ3v) is 13.1. The Morgan fingerprint density at radius 3 is 1.35 bits per heavy atom. The lowest BCUT2D eigenvalue weighted by Gasteiger charge is -2.31. The van der Waals surface area contributed by atoms with Gasteiger partial charge in [0.15, 0.2) is 0 Å². The van der Waals surface area contributed by atoms with Crippen LogP contribution in [0.25, 0.3) is 0 Å². The van der Waals surface area contributed by atoms with Crippen molar-refractivity contribution in [2.75, 3.05) is 40.9 Å². The van der Waals surface area contributed by atoms with E-state index < -0.39 is 32.7 Å². The van der Waals surface area contributed by atoms with E-state index in [1.807, 2.05) is 21.1 Å². The molecule has 0 aromatic rings. The molecule has 0 radical (unpaired) electrons. The van der Waals surface area contributed by atoms with Gasteiger partial charge < -0.3 is 34.0 Å². The van der Waals surface area contributed by atoms with Gasteiger partial charge in [0.05, 0.1) is 39.9 Å². The summed E-state index contributed by atoms with van der Waals surface area (Å²) in [7, 11) is 1.11. The molecule has 0 fully saturated rings. The van der Waals surface area contributed by atoms with E-state index in [9.17, 15) is 24.5 Å². The molecule has 0 aromatic carbocycles. The van der Waals surface area contributed by atoms with Crippen LogP contribution in [-0.4, -0.2) is 79.8 Å². The SMILES string of the molecule is CCCCCCC/C=C\C/C=C\C/C=C\CCCCCCCCCCCCCCCCC(=O)NC(COP(=O)([O-])OCC[N+](C)(C)C)C(O)C(O)CCC/C=C/CCCCCCCCC. The molecule has 65 heavy (non-hydrogen) atoms. The highest BCUT2D eigenvalue weighted by Gasteiger charge is 2.29. The lowest BCUT2D eigenvalue weighted by molar-refractivity contribution is -0.870. The highest BCUT2D eigenvalue weighted by atomic mass is 31.2. The van der Waals surface area contributed by atoms with E-state index in [2.05, 4.69) is 67.8 Å². The van der Waals surface area contributed by atoms with E-state index in [0.717, 1.165) is 44.9 Å². The minimum atomic E-state index is -4.68. The molecule has 0 rings (SSSR count). The molecule has 0 heterocycles. The Labute approximate surface area is 402 Å². The van der Waals surface area contributed by atoms with E-state index in [0.29, 0.717) is 30.3 Å². The summed E-state index contributed by atoms with van der Waals surface area (Å²) in [6.45, 7) is 4.40. The second-order valence-corrected chi connectivity index (χ2v) is 21.1. The summed E-state index contributed by atoms with van der Waals surface area (Å²) in [4.78, 5) is 25.5. The number of hydrogen-bond acceptors (Lipinski definition) is 7.